The fourth-order valence-electron chi connectivity index (χ4n) is 6.12. The van der Waals surface area contributed by atoms with E-state index in [4.69, 9.17) is 4.74 Å². The van der Waals surface area contributed by atoms with Gasteiger partial charge in [0, 0.05) is 0 Å². The predicted octanol–water partition coefficient (Wildman–Crippen LogP) is 9.58. The third-order valence-corrected chi connectivity index (χ3v) is 8.57. The Morgan fingerprint density at radius 3 is 1.83 bits per heavy atom. The first kappa shape index (κ1) is 28.3. The average Bonchev–Trinajstić information content (AvgIpc) is 2.77. The van der Waals surface area contributed by atoms with Crippen molar-refractivity contribution in [3.8, 4) is 5.75 Å². The Hall–Kier alpha value is -2.90. The Morgan fingerprint density at radius 1 is 0.800 bits per heavy atom. The molecule has 4 rings (SSSR count). The molecule has 4 heteroatoms. The standard InChI is InChI=1S/C30H39F2O.CH4.Es/c1-19-6-8-24(9-7-19)25-10-12-26(13-11-25)27-14-15-29(22(4)16-27)30(31,32)33-28-17-20(2)23(5)21(3)18-28;;/h14,16-19,24-26H,6-13H2,1-5H3;1H4;/q-1;;. The zero-order chi connectivity index (χ0) is 23.8. The van der Waals surface area contributed by atoms with Gasteiger partial charge in [0.2, 0.25) is 0 Å². The molecule has 0 unspecified atom stereocenters. The van der Waals surface area contributed by atoms with Gasteiger partial charge in [-0.25, -0.2) is 0 Å². The molecule has 0 N–H and O–H groups in total. The maximum Gasteiger partial charge on any atom is 0.403 e. The van der Waals surface area contributed by atoms with Crippen molar-refractivity contribution >= 4 is 0 Å². The van der Waals surface area contributed by atoms with Crippen molar-refractivity contribution in [3.05, 3.63) is 63.7 Å². The molecule has 2 saturated carbocycles. The minimum Gasteiger partial charge on any atom is -0.430 e. The molecule has 1 radical (unpaired) electrons. The molecule has 0 heterocycles. The van der Waals surface area contributed by atoms with Gasteiger partial charge in [0.15, 0.2) is 0 Å². The van der Waals surface area contributed by atoms with Crippen LogP contribution in [0.3, 0.4) is 0 Å². The summed E-state index contributed by atoms with van der Waals surface area (Å²) in [6.07, 6.45) is 7.03. The van der Waals surface area contributed by atoms with Crippen LogP contribution in [0.4, 0.5) is 8.78 Å². The second kappa shape index (κ2) is 11.2. The molecule has 0 amide bonds. The van der Waals surface area contributed by atoms with Gasteiger partial charge < -0.3 is 4.74 Å². The number of benzene rings is 2. The second-order valence-corrected chi connectivity index (χ2v) is 10.9. The third-order valence-electron chi connectivity index (χ3n) is 8.57. The summed E-state index contributed by atoms with van der Waals surface area (Å²) in [5.41, 5.74) is 4.56. The quantitative estimate of drug-likeness (QED) is 0.280. The smallest absolute Gasteiger partial charge is 0.403 e. The van der Waals surface area contributed by atoms with Crippen LogP contribution in [0.1, 0.15) is 105 Å². The molecular formula is C31H43EsF2O-. The third kappa shape index (κ3) is 6.21. The molecule has 0 aromatic heterocycles. The molecule has 0 spiro atoms. The fraction of sp³-hybridized carbons (Fsp3) is 0.613. The number of halogens is 2. The molecule has 2 aromatic rings. The van der Waals surface area contributed by atoms with Crippen molar-refractivity contribution in [2.24, 2.45) is 17.8 Å². The van der Waals surface area contributed by atoms with Gasteiger partial charge in [0.25, 0.3) is 0 Å². The van der Waals surface area contributed by atoms with Gasteiger partial charge in [-0.1, -0.05) is 65.7 Å². The van der Waals surface area contributed by atoms with Crippen LogP contribution in [0.15, 0.2) is 24.3 Å². The van der Waals surface area contributed by atoms with Gasteiger partial charge in [-0.2, -0.15) is 32.5 Å². The van der Waals surface area contributed by atoms with Crippen molar-refractivity contribution < 1.29 is 13.5 Å². The van der Waals surface area contributed by atoms with E-state index in [9.17, 15) is 0 Å². The SMILES string of the molecule is C.Cc1cc(C2CCC(C3CCC(C)CC3)CC2)c[c-]c1C(F)(F)Oc1cc(C)c(C)c(C)c1.[Es]. The van der Waals surface area contributed by atoms with E-state index in [0.717, 1.165) is 52.8 Å². The van der Waals surface area contributed by atoms with Gasteiger partial charge >= 0.3 is 6.11 Å². The first-order chi connectivity index (χ1) is 15.6. The Balaban J connectivity index is 0.00000216. The van der Waals surface area contributed by atoms with E-state index in [1.54, 1.807) is 25.1 Å². The summed E-state index contributed by atoms with van der Waals surface area (Å²) in [6, 6.07) is 10.0. The molecule has 2 aromatic carbocycles. The summed E-state index contributed by atoms with van der Waals surface area (Å²) in [6.45, 7) is 9.97. The van der Waals surface area contributed by atoms with E-state index in [1.807, 2.05) is 26.8 Å². The van der Waals surface area contributed by atoms with Crippen LogP contribution in [0.5, 0.6) is 5.75 Å². The summed E-state index contributed by atoms with van der Waals surface area (Å²) in [7, 11) is 0. The molecule has 35 heavy (non-hydrogen) atoms. The van der Waals surface area contributed by atoms with Crippen LogP contribution in [0.25, 0.3) is 0 Å². The Labute approximate surface area is 206 Å². The number of hydrogen-bond acceptors (Lipinski definition) is 1. The van der Waals surface area contributed by atoms with Gasteiger partial charge in [0.05, 0.1) is 0 Å². The maximum atomic E-state index is 15.1. The van der Waals surface area contributed by atoms with E-state index in [-0.39, 0.29) is 18.7 Å². The van der Waals surface area contributed by atoms with Gasteiger partial charge in [-0.05, 0) is 85.8 Å². The number of aryl methyl sites for hydroxylation is 3. The largest absolute Gasteiger partial charge is 0.430 e. The fourth-order valence-corrected chi connectivity index (χ4v) is 6.12. The molecule has 0 aliphatic heterocycles. The summed E-state index contributed by atoms with van der Waals surface area (Å²) in [5, 5.41) is 0. The van der Waals surface area contributed by atoms with E-state index in [0.29, 0.717) is 11.5 Å². The van der Waals surface area contributed by atoms with Crippen LogP contribution in [0.2, 0.25) is 0 Å². The van der Waals surface area contributed by atoms with Crippen molar-refractivity contribution in [3.63, 3.8) is 0 Å². The number of hydrogen-bond donors (Lipinski definition) is 0. The van der Waals surface area contributed by atoms with Crippen LogP contribution in [-0.4, -0.2) is 0 Å². The normalized spacial score (nSPS) is 24.8. The summed E-state index contributed by atoms with van der Waals surface area (Å²) in [5.74, 6) is 3.33. The molecule has 0 atom stereocenters. The van der Waals surface area contributed by atoms with Crippen LogP contribution >= 0.6 is 0 Å². The second-order valence-electron chi connectivity index (χ2n) is 10.9. The number of ether oxygens (including phenoxy) is 1. The monoisotopic (exact) mass is 721 g/mol. The Bertz CT molecular complexity index is 947. The average molecular weight is 722 g/mol. The summed E-state index contributed by atoms with van der Waals surface area (Å²) < 4.78 is 35.3. The summed E-state index contributed by atoms with van der Waals surface area (Å²) >= 11 is 0. The van der Waals surface area contributed by atoms with E-state index < -0.39 is 6.11 Å². The molecule has 2 aliphatic carbocycles. The Morgan fingerprint density at radius 2 is 1.31 bits per heavy atom. The summed E-state index contributed by atoms with van der Waals surface area (Å²) in [4.78, 5) is 0. The van der Waals surface area contributed by atoms with Crippen molar-refractivity contribution in [2.75, 3.05) is 0 Å². The first-order valence-electron chi connectivity index (χ1n) is 12.8. The topological polar surface area (TPSA) is 9.23 Å². The predicted molar refractivity (Wildman–Crippen MR) is 138 cm³/mol. The zero-order valence-electron chi connectivity index (χ0n) is 21.2. The molecule has 199 valence electrons. The van der Waals surface area contributed by atoms with Crippen LogP contribution in [0, 0.1) is 51.5 Å². The van der Waals surface area contributed by atoms with Crippen LogP contribution < -0.4 is 4.74 Å². The molecule has 1 nitrogen and oxygen atoms in total. The zero-order valence-corrected chi connectivity index (χ0v) is 23.8. The van der Waals surface area contributed by atoms with E-state index in [1.165, 1.54) is 38.5 Å². The minimum atomic E-state index is -3.41. The van der Waals surface area contributed by atoms with Gasteiger partial charge in [-0.15, -0.1) is 5.56 Å². The molecule has 0 bridgehead atoms. The van der Waals surface area contributed by atoms with Gasteiger partial charge in [-0.3, -0.25) is 0 Å². The van der Waals surface area contributed by atoms with Crippen molar-refractivity contribution in [1.29, 1.82) is 0 Å². The first-order valence-corrected chi connectivity index (χ1v) is 12.8. The van der Waals surface area contributed by atoms with Gasteiger partial charge in [0.1, 0.15) is 5.75 Å². The molecule has 2 fully saturated rings. The van der Waals surface area contributed by atoms with Crippen molar-refractivity contribution in [2.45, 2.75) is 105 Å². The van der Waals surface area contributed by atoms with E-state index >= 15 is 8.78 Å². The molecule has 0 saturated heterocycles. The van der Waals surface area contributed by atoms with Crippen LogP contribution in [-0.2, 0) is 6.11 Å². The van der Waals surface area contributed by atoms with E-state index in [2.05, 4.69) is 13.0 Å². The Kier molecular flexibility index (Phi) is 9.09. The molecular weight excluding hydrogens is 678 g/mol. The molecule has 2 aliphatic rings. The number of alkyl halides is 2. The maximum absolute atomic E-state index is 15.1. The van der Waals surface area contributed by atoms with Crippen molar-refractivity contribution in [1.82, 2.24) is 0 Å². The minimum absolute atomic E-state index is 0. The number of rotatable bonds is 5.